The minimum absolute atomic E-state index is 0.0930. The van der Waals surface area contributed by atoms with Gasteiger partial charge >= 0.3 is 0 Å². The van der Waals surface area contributed by atoms with Crippen molar-refractivity contribution in [2.24, 2.45) is 34.8 Å². The molecule has 12 nitrogen and oxygen atoms in total. The average molecular weight is 541 g/mol. The predicted molar refractivity (Wildman–Crippen MR) is 162 cm³/mol. The van der Waals surface area contributed by atoms with Crippen molar-refractivity contribution in [2.75, 3.05) is 13.1 Å². The van der Waals surface area contributed by atoms with Gasteiger partial charge in [0.05, 0.1) is 0 Å². The molecule has 0 radical (unpaired) electrons. The van der Waals surface area contributed by atoms with Crippen molar-refractivity contribution < 1.29 is 0 Å². The molecule has 0 heterocycles. The second kappa shape index (κ2) is 24.4. The van der Waals surface area contributed by atoms with E-state index in [1.54, 1.807) is 0 Å². The summed E-state index contributed by atoms with van der Waals surface area (Å²) in [4.78, 5) is 0. The number of nitrogens with two attached hydrogens (primary N) is 4. The molecule has 0 fully saturated rings. The molecule has 12 heteroatoms. The normalized spacial score (nSPS) is 11.9. The molecule has 2 atom stereocenters. The minimum atomic E-state index is -0.194. The van der Waals surface area contributed by atoms with E-state index in [0.29, 0.717) is 24.9 Å². The van der Waals surface area contributed by atoms with Gasteiger partial charge in [-0.1, -0.05) is 105 Å². The molecule has 0 aromatic carbocycles. The maximum atomic E-state index is 7.53. The molecule has 0 aliphatic heterocycles. The quantitative estimate of drug-likeness (QED) is 0.0528. The van der Waals surface area contributed by atoms with E-state index in [0.717, 1.165) is 32.1 Å². The molecule has 14 N–H and O–H groups in total. The van der Waals surface area contributed by atoms with E-state index in [-0.39, 0.29) is 23.8 Å². The molecule has 224 valence electrons. The Morgan fingerprint density at radius 1 is 0.553 bits per heavy atom. The maximum absolute atomic E-state index is 7.53. The second-order valence-corrected chi connectivity index (χ2v) is 10.00. The molecule has 0 spiro atoms. The molecule has 0 aliphatic rings. The van der Waals surface area contributed by atoms with Crippen LogP contribution in [0.3, 0.4) is 0 Å². The van der Waals surface area contributed by atoms with E-state index in [4.69, 9.17) is 44.6 Å². The lowest BCUT2D eigenvalue weighted by atomic mass is 9.97. The molecule has 2 unspecified atom stereocenters. The summed E-state index contributed by atoms with van der Waals surface area (Å²) in [5, 5.41) is 32.2. The zero-order valence-corrected chi connectivity index (χ0v) is 24.7. The highest BCUT2D eigenvalue weighted by molar-refractivity contribution is 5.81. The average Bonchev–Trinajstić information content (AvgIpc) is 2.85. The van der Waals surface area contributed by atoms with E-state index in [1.165, 1.54) is 67.8 Å². The molecule has 38 heavy (non-hydrogen) atoms. The molecule has 0 amide bonds. The third-order valence-corrected chi connectivity index (χ3v) is 6.56. The Kier molecular flexibility index (Phi) is 23.9. The van der Waals surface area contributed by atoms with Crippen LogP contribution in [0.1, 0.15) is 118 Å². The number of nitrogens with zero attached hydrogens (tertiary/aromatic N) is 2. The Morgan fingerprint density at radius 2 is 0.895 bits per heavy atom. The van der Waals surface area contributed by atoms with Crippen molar-refractivity contribution in [1.29, 1.82) is 21.6 Å². The largest absolute Gasteiger partial charge is 0.369 e. The monoisotopic (exact) mass is 541 g/mol. The van der Waals surface area contributed by atoms with E-state index >= 15 is 0 Å². The smallest absolute Gasteiger partial charge is 0.207 e. The second-order valence-electron chi connectivity index (χ2n) is 10.00. The van der Waals surface area contributed by atoms with Crippen LogP contribution in [0.2, 0.25) is 0 Å². The number of hydrogen-bond donors (Lipinski definition) is 10. The third-order valence-electron chi connectivity index (χ3n) is 6.56. The highest BCUT2D eigenvalue weighted by Gasteiger charge is 2.15. The topological polar surface area (TPSA) is 230 Å². The van der Waals surface area contributed by atoms with Crippen molar-refractivity contribution in [2.45, 2.75) is 118 Å². The zero-order chi connectivity index (χ0) is 29.3. The maximum Gasteiger partial charge on any atom is 0.207 e. The molecular formula is C26H60N12. The number of hydrazine groups is 2. The van der Waals surface area contributed by atoms with E-state index in [1.807, 2.05) is 0 Å². The number of nitrogens with one attached hydrogen (secondary N) is 6. The molecule has 0 aliphatic carbocycles. The van der Waals surface area contributed by atoms with Gasteiger partial charge in [0, 0.05) is 13.1 Å². The van der Waals surface area contributed by atoms with Gasteiger partial charge in [-0.25, -0.2) is 0 Å². The fourth-order valence-corrected chi connectivity index (χ4v) is 4.12. The summed E-state index contributed by atoms with van der Waals surface area (Å²) in [6.45, 7) is 9.92. The van der Waals surface area contributed by atoms with Crippen LogP contribution >= 0.6 is 0 Å². The summed E-state index contributed by atoms with van der Waals surface area (Å²) in [5.41, 5.74) is 26.7. The first-order valence-corrected chi connectivity index (χ1v) is 14.5. The standard InChI is InChI=1S/C16H36N6.C10H24N6/c1-3-5-6-7-8-9-10-11-12-14(4-2)13-22(16(19)20)21-15(17)18;1-3-5-6-8(4-2)7-16(10(13)14)15-9(11)12/h14H,3-13H2,1-2H3,(H3,19,20)(H4,17,18,21);8H,3-7H2,1-2H3,(H3,13,14)(H4,11,12,15). The SMILES string of the molecule is CCCCC(CC)CN(NC(=N)N)C(=N)N.CCCCCCCCCCC(CC)CN(NC(=N)N)C(=N)N. The Balaban J connectivity index is 0. The van der Waals surface area contributed by atoms with Gasteiger partial charge in [-0.3, -0.25) is 42.5 Å². The lowest BCUT2D eigenvalue weighted by Crippen LogP contribution is -2.53. The number of hydrogen-bond acceptors (Lipinski definition) is 4. The van der Waals surface area contributed by atoms with Gasteiger partial charge in [-0.15, -0.1) is 0 Å². The number of rotatable bonds is 18. The lowest BCUT2D eigenvalue weighted by molar-refractivity contribution is 0.279. The van der Waals surface area contributed by atoms with Gasteiger partial charge < -0.3 is 22.9 Å². The van der Waals surface area contributed by atoms with Crippen molar-refractivity contribution >= 4 is 23.8 Å². The van der Waals surface area contributed by atoms with Crippen LogP contribution in [-0.4, -0.2) is 46.9 Å². The van der Waals surface area contributed by atoms with Crippen LogP contribution in [0, 0.1) is 33.5 Å². The van der Waals surface area contributed by atoms with Crippen LogP contribution < -0.4 is 33.8 Å². The van der Waals surface area contributed by atoms with Crippen LogP contribution in [0.5, 0.6) is 0 Å². The lowest BCUT2D eigenvalue weighted by Gasteiger charge is -2.27. The molecule has 0 aromatic rings. The van der Waals surface area contributed by atoms with Crippen LogP contribution in [0.25, 0.3) is 0 Å². The summed E-state index contributed by atoms with van der Waals surface area (Å²) in [6.07, 6.45) is 17.2. The van der Waals surface area contributed by atoms with Crippen molar-refractivity contribution in [3.63, 3.8) is 0 Å². The minimum Gasteiger partial charge on any atom is -0.369 e. The van der Waals surface area contributed by atoms with Gasteiger partial charge in [0.25, 0.3) is 0 Å². The zero-order valence-electron chi connectivity index (χ0n) is 24.7. The van der Waals surface area contributed by atoms with Crippen molar-refractivity contribution in [1.82, 2.24) is 20.9 Å². The van der Waals surface area contributed by atoms with Gasteiger partial charge in [0.1, 0.15) is 0 Å². The van der Waals surface area contributed by atoms with Gasteiger partial charge in [0.2, 0.25) is 23.8 Å². The highest BCUT2D eigenvalue weighted by Crippen LogP contribution is 2.16. The van der Waals surface area contributed by atoms with Crippen LogP contribution in [0.15, 0.2) is 0 Å². The fraction of sp³-hybridized carbons (Fsp3) is 0.846. The Morgan fingerprint density at radius 3 is 1.21 bits per heavy atom. The van der Waals surface area contributed by atoms with Crippen LogP contribution in [0.4, 0.5) is 0 Å². The predicted octanol–water partition coefficient (Wildman–Crippen LogP) is 3.93. The number of unbranched alkanes of at least 4 members (excludes halogenated alkanes) is 8. The van der Waals surface area contributed by atoms with Crippen molar-refractivity contribution in [3.8, 4) is 0 Å². The summed E-state index contributed by atoms with van der Waals surface area (Å²) < 4.78 is 0. The third kappa shape index (κ3) is 22.3. The molecule has 0 bridgehead atoms. The first-order chi connectivity index (χ1) is 18.0. The molecule has 0 rings (SSSR count). The molecule has 0 aromatic heterocycles. The van der Waals surface area contributed by atoms with Crippen molar-refractivity contribution in [3.05, 3.63) is 0 Å². The summed E-state index contributed by atoms with van der Waals surface area (Å²) in [6, 6.07) is 0. The summed E-state index contributed by atoms with van der Waals surface area (Å²) in [5.74, 6) is 0.360. The van der Waals surface area contributed by atoms with Gasteiger partial charge in [0.15, 0.2) is 0 Å². The Bertz CT molecular complexity index is 640. The van der Waals surface area contributed by atoms with E-state index in [9.17, 15) is 0 Å². The first kappa shape index (κ1) is 37.2. The Labute approximate surface area is 232 Å². The molecule has 0 saturated carbocycles. The van der Waals surface area contributed by atoms with Gasteiger partial charge in [-0.05, 0) is 24.7 Å². The summed E-state index contributed by atoms with van der Waals surface area (Å²) >= 11 is 0. The van der Waals surface area contributed by atoms with E-state index in [2.05, 4.69) is 38.5 Å². The Hall–Kier alpha value is -2.92. The number of guanidine groups is 4. The first-order valence-electron chi connectivity index (χ1n) is 14.5. The van der Waals surface area contributed by atoms with Crippen LogP contribution in [-0.2, 0) is 0 Å². The van der Waals surface area contributed by atoms with E-state index < -0.39 is 0 Å². The van der Waals surface area contributed by atoms with Gasteiger partial charge in [-0.2, -0.15) is 0 Å². The molecular weight excluding hydrogens is 480 g/mol. The summed E-state index contributed by atoms with van der Waals surface area (Å²) in [7, 11) is 0. The molecule has 0 saturated heterocycles. The highest BCUT2D eigenvalue weighted by atomic mass is 15.6. The fourth-order valence-electron chi connectivity index (χ4n) is 4.12.